The largest absolute Gasteiger partial charge is 0.463 e. The molecule has 2 heterocycles. The van der Waals surface area contributed by atoms with Gasteiger partial charge in [0, 0.05) is 23.5 Å². The quantitative estimate of drug-likeness (QED) is 0.661. The van der Waals surface area contributed by atoms with E-state index in [4.69, 9.17) is 4.74 Å². The lowest BCUT2D eigenvalue weighted by atomic mass is 9.94. The van der Waals surface area contributed by atoms with Gasteiger partial charge in [0.25, 0.3) is 5.91 Å². The third-order valence-electron chi connectivity index (χ3n) is 5.34. The number of thioether (sulfide) groups is 1. The highest BCUT2D eigenvalue weighted by Gasteiger charge is 2.37. The minimum atomic E-state index is -0.391. The molecule has 1 N–H and O–H groups in total. The zero-order chi connectivity index (χ0) is 22.7. The van der Waals surface area contributed by atoms with E-state index in [9.17, 15) is 14.0 Å². The number of amidine groups is 1. The number of aliphatic imine (C=N–C) groups is 1. The van der Waals surface area contributed by atoms with Crippen LogP contribution >= 0.6 is 11.8 Å². The maximum atomic E-state index is 13.1. The molecular formula is C24H24FN3O3S. The third-order valence-corrected chi connectivity index (χ3v) is 6.42. The van der Waals surface area contributed by atoms with E-state index < -0.39 is 5.82 Å². The molecule has 2 aromatic rings. The van der Waals surface area contributed by atoms with Gasteiger partial charge >= 0.3 is 5.97 Å². The molecule has 2 aliphatic rings. The van der Waals surface area contributed by atoms with Crippen molar-refractivity contribution in [2.75, 3.05) is 24.2 Å². The fraction of sp³-hybridized carbons (Fsp3) is 0.292. The molecule has 2 aliphatic heterocycles. The van der Waals surface area contributed by atoms with E-state index in [1.54, 1.807) is 30.8 Å². The summed E-state index contributed by atoms with van der Waals surface area (Å²) in [6.07, 6.45) is 1.00. The summed E-state index contributed by atoms with van der Waals surface area (Å²) in [5.74, 6) is -0.0708. The molecule has 1 amide bonds. The van der Waals surface area contributed by atoms with Gasteiger partial charge in [-0.05, 0) is 62.2 Å². The molecule has 166 valence electrons. The number of allylic oxidation sites excluding steroid dienone is 1. The molecule has 1 fully saturated rings. The Hall–Kier alpha value is -3.13. The molecule has 0 aromatic heterocycles. The molecule has 6 nitrogen and oxygen atoms in total. The van der Waals surface area contributed by atoms with Crippen molar-refractivity contribution in [1.29, 1.82) is 0 Å². The number of anilines is 1. The first-order valence-electron chi connectivity index (χ1n) is 10.5. The minimum absolute atomic E-state index is 0.294. The number of rotatable bonds is 5. The predicted octanol–water partition coefficient (Wildman–Crippen LogP) is 4.76. The predicted molar refractivity (Wildman–Crippen MR) is 124 cm³/mol. The van der Waals surface area contributed by atoms with Gasteiger partial charge in [0.1, 0.15) is 5.82 Å². The number of amides is 1. The molecular weight excluding hydrogens is 429 g/mol. The van der Waals surface area contributed by atoms with Crippen molar-refractivity contribution in [2.45, 2.75) is 26.3 Å². The Labute approximate surface area is 190 Å². The smallest absolute Gasteiger partial charge is 0.338 e. The van der Waals surface area contributed by atoms with Gasteiger partial charge in [-0.1, -0.05) is 23.9 Å². The van der Waals surface area contributed by atoms with Crippen LogP contribution in [0.25, 0.3) is 0 Å². The zero-order valence-corrected chi connectivity index (χ0v) is 18.7. The molecule has 2 aromatic carbocycles. The number of hydrogen-bond donors (Lipinski definition) is 1. The van der Waals surface area contributed by atoms with Gasteiger partial charge < -0.3 is 15.0 Å². The van der Waals surface area contributed by atoms with Crippen LogP contribution in [0.5, 0.6) is 0 Å². The Morgan fingerprint density at radius 2 is 1.91 bits per heavy atom. The summed E-state index contributed by atoms with van der Waals surface area (Å²) in [7, 11) is 0. The topological polar surface area (TPSA) is 71.0 Å². The van der Waals surface area contributed by atoms with Gasteiger partial charge in [-0.2, -0.15) is 0 Å². The Bertz CT molecular complexity index is 1080. The highest BCUT2D eigenvalue weighted by molar-refractivity contribution is 8.13. The number of benzene rings is 2. The first-order chi connectivity index (χ1) is 15.5. The molecule has 1 saturated heterocycles. The minimum Gasteiger partial charge on any atom is -0.463 e. The van der Waals surface area contributed by atoms with Gasteiger partial charge in [0.2, 0.25) is 0 Å². The summed E-state index contributed by atoms with van der Waals surface area (Å²) >= 11 is 1.69. The summed E-state index contributed by atoms with van der Waals surface area (Å²) < 4.78 is 18.4. The van der Waals surface area contributed by atoms with Crippen LogP contribution in [0.1, 0.15) is 42.2 Å². The molecule has 32 heavy (non-hydrogen) atoms. The van der Waals surface area contributed by atoms with E-state index >= 15 is 0 Å². The van der Waals surface area contributed by atoms with Crippen molar-refractivity contribution < 1.29 is 18.7 Å². The van der Waals surface area contributed by atoms with Gasteiger partial charge in [-0.25, -0.2) is 14.2 Å². The average Bonchev–Trinajstić information content (AvgIpc) is 2.79. The Morgan fingerprint density at radius 1 is 1.19 bits per heavy atom. The van der Waals surface area contributed by atoms with Crippen LogP contribution in [0.2, 0.25) is 0 Å². The lowest BCUT2D eigenvalue weighted by Gasteiger charge is -2.40. The number of carbonyl (C=O) groups is 2. The number of nitrogens with zero attached hydrogens (tertiary/aromatic N) is 2. The molecule has 1 unspecified atom stereocenters. The maximum absolute atomic E-state index is 13.1. The van der Waals surface area contributed by atoms with Crippen molar-refractivity contribution in [3.8, 4) is 0 Å². The number of ether oxygens (including phenoxy) is 1. The van der Waals surface area contributed by atoms with E-state index in [1.165, 1.54) is 24.3 Å². The fourth-order valence-corrected chi connectivity index (χ4v) is 4.86. The Kier molecular flexibility index (Phi) is 6.60. The van der Waals surface area contributed by atoms with Crippen LogP contribution in [0.4, 0.5) is 10.1 Å². The van der Waals surface area contributed by atoms with Crippen LogP contribution in [-0.2, 0) is 9.53 Å². The van der Waals surface area contributed by atoms with Crippen molar-refractivity contribution in [2.24, 2.45) is 4.99 Å². The highest BCUT2D eigenvalue weighted by Crippen LogP contribution is 2.40. The van der Waals surface area contributed by atoms with E-state index in [0.717, 1.165) is 29.4 Å². The number of hydrogen-bond acceptors (Lipinski definition) is 6. The molecule has 0 bridgehead atoms. The molecule has 1 atom stereocenters. The molecule has 0 aliphatic carbocycles. The lowest BCUT2D eigenvalue weighted by molar-refractivity contribution is -0.139. The number of halogens is 1. The van der Waals surface area contributed by atoms with Gasteiger partial charge in [0.15, 0.2) is 5.17 Å². The van der Waals surface area contributed by atoms with E-state index in [-0.39, 0.29) is 17.9 Å². The highest BCUT2D eigenvalue weighted by atomic mass is 32.2. The van der Waals surface area contributed by atoms with Crippen molar-refractivity contribution >= 4 is 34.5 Å². The summed E-state index contributed by atoms with van der Waals surface area (Å²) in [6.45, 7) is 4.73. The first-order valence-corrected chi connectivity index (χ1v) is 11.5. The second kappa shape index (κ2) is 9.56. The number of carbonyl (C=O) groups excluding carboxylic acids is 2. The Morgan fingerprint density at radius 3 is 2.59 bits per heavy atom. The number of esters is 1. The van der Waals surface area contributed by atoms with Crippen molar-refractivity contribution in [3.05, 3.63) is 76.7 Å². The number of nitrogens with one attached hydrogen (secondary N) is 1. The number of fused-ring (bicyclic) bond motifs is 1. The summed E-state index contributed by atoms with van der Waals surface area (Å²) in [6, 6.07) is 12.5. The summed E-state index contributed by atoms with van der Waals surface area (Å²) in [5.41, 5.74) is 3.11. The fourth-order valence-electron chi connectivity index (χ4n) is 3.84. The maximum Gasteiger partial charge on any atom is 0.338 e. The summed E-state index contributed by atoms with van der Waals surface area (Å²) in [5, 5.41) is 3.74. The Balaban J connectivity index is 1.60. The van der Waals surface area contributed by atoms with E-state index in [0.29, 0.717) is 29.1 Å². The standard InChI is InChI=1S/C24H24FN3O3S/c1-3-31-23(30)20-15(2)26-24-28(13-4-14-32-24)21(20)16-7-11-19(12-8-16)27-22(29)17-5-9-18(25)10-6-17/h5-12,21H,3-4,13-14H2,1-2H3,(H,27,29). The van der Waals surface area contributed by atoms with E-state index in [1.807, 2.05) is 19.1 Å². The molecule has 0 saturated carbocycles. The second-order valence-electron chi connectivity index (χ2n) is 7.49. The molecule has 0 radical (unpaired) electrons. The SMILES string of the molecule is CCOC(=O)C1=C(C)N=C2SCCCN2C1c1ccc(NC(=O)c2ccc(F)cc2)cc1. The van der Waals surface area contributed by atoms with Crippen LogP contribution < -0.4 is 5.32 Å². The molecule has 4 rings (SSSR count). The normalized spacial score (nSPS) is 18.0. The zero-order valence-electron chi connectivity index (χ0n) is 17.9. The van der Waals surface area contributed by atoms with Crippen LogP contribution in [0.3, 0.4) is 0 Å². The average molecular weight is 454 g/mol. The third kappa shape index (κ3) is 4.55. The van der Waals surface area contributed by atoms with E-state index in [2.05, 4.69) is 15.2 Å². The summed E-state index contributed by atoms with van der Waals surface area (Å²) in [4.78, 5) is 32.0. The van der Waals surface area contributed by atoms with Crippen molar-refractivity contribution in [1.82, 2.24) is 4.90 Å². The lowest BCUT2D eigenvalue weighted by Crippen LogP contribution is -2.42. The van der Waals surface area contributed by atoms with Crippen LogP contribution in [0, 0.1) is 5.82 Å². The monoisotopic (exact) mass is 453 g/mol. The first kappa shape index (κ1) is 22.1. The molecule has 0 spiro atoms. The van der Waals surface area contributed by atoms with Gasteiger partial charge in [-0.15, -0.1) is 0 Å². The van der Waals surface area contributed by atoms with Gasteiger partial charge in [-0.3, -0.25) is 4.79 Å². The molecule has 8 heteroatoms. The second-order valence-corrected chi connectivity index (χ2v) is 8.56. The van der Waals surface area contributed by atoms with Crippen LogP contribution in [-0.4, -0.2) is 40.8 Å². The van der Waals surface area contributed by atoms with Gasteiger partial charge in [0.05, 0.1) is 23.9 Å². The van der Waals surface area contributed by atoms with Crippen LogP contribution in [0.15, 0.2) is 64.8 Å². The van der Waals surface area contributed by atoms with Crippen molar-refractivity contribution in [3.63, 3.8) is 0 Å².